The number of ether oxygens (including phenoxy) is 1. The zero-order valence-electron chi connectivity index (χ0n) is 19.0. The van der Waals surface area contributed by atoms with Gasteiger partial charge in [0, 0.05) is 31.3 Å². The Morgan fingerprint density at radius 3 is 2.61 bits per heavy atom. The van der Waals surface area contributed by atoms with E-state index in [2.05, 4.69) is 10.3 Å². The first kappa shape index (κ1) is 24.8. The first-order chi connectivity index (χ1) is 15.6. The number of carbonyl (C=O) groups excluding carboxylic acids is 2. The second-order valence-electron chi connectivity index (χ2n) is 7.64. The number of rotatable bonds is 8. The van der Waals surface area contributed by atoms with E-state index in [0.29, 0.717) is 30.2 Å². The van der Waals surface area contributed by atoms with Crippen molar-refractivity contribution in [3.8, 4) is 0 Å². The van der Waals surface area contributed by atoms with E-state index in [4.69, 9.17) is 4.74 Å². The summed E-state index contributed by atoms with van der Waals surface area (Å²) >= 11 is 1.31. The number of fused-ring (bicyclic) bond motifs is 1. The third kappa shape index (κ3) is 5.76. The third-order valence-corrected chi connectivity index (χ3v) is 8.09. The Labute approximate surface area is 196 Å². The minimum atomic E-state index is -3.51. The van der Waals surface area contributed by atoms with Crippen LogP contribution in [0.15, 0.2) is 52.4 Å². The number of thiazole rings is 1. The van der Waals surface area contributed by atoms with Crippen LogP contribution in [0.4, 0.5) is 5.69 Å². The average molecular weight is 490 g/mol. The van der Waals surface area contributed by atoms with Crippen molar-refractivity contribution in [2.75, 3.05) is 18.5 Å². The van der Waals surface area contributed by atoms with Crippen molar-refractivity contribution in [1.29, 1.82) is 0 Å². The molecule has 0 spiro atoms. The van der Waals surface area contributed by atoms with Gasteiger partial charge < -0.3 is 14.6 Å². The van der Waals surface area contributed by atoms with Crippen LogP contribution in [0.1, 0.15) is 38.1 Å². The quantitative estimate of drug-likeness (QED) is 0.487. The molecular weight excluding hydrogens is 462 g/mol. The van der Waals surface area contributed by atoms with Gasteiger partial charge in [0.15, 0.2) is 14.6 Å². The van der Waals surface area contributed by atoms with Crippen LogP contribution < -0.4 is 10.1 Å². The molecule has 0 radical (unpaired) electrons. The van der Waals surface area contributed by atoms with Gasteiger partial charge in [-0.05, 0) is 57.2 Å². The molecule has 2 aromatic carbocycles. The maximum absolute atomic E-state index is 13.0. The highest BCUT2D eigenvalue weighted by Gasteiger charge is 2.20. The van der Waals surface area contributed by atoms with Gasteiger partial charge in [-0.15, -0.1) is 0 Å². The Bertz CT molecular complexity index is 1350. The van der Waals surface area contributed by atoms with Crippen LogP contribution in [0, 0.1) is 0 Å². The highest BCUT2D eigenvalue weighted by molar-refractivity contribution is 7.92. The molecule has 0 atom stereocenters. The van der Waals surface area contributed by atoms with E-state index in [0.717, 1.165) is 10.2 Å². The molecule has 2 amide bonds. The molecule has 33 heavy (non-hydrogen) atoms. The second-order valence-corrected chi connectivity index (χ2v) is 11.1. The zero-order chi connectivity index (χ0) is 24.2. The highest BCUT2D eigenvalue weighted by atomic mass is 32.2. The largest absolute Gasteiger partial charge is 0.380 e. The normalized spacial score (nSPS) is 12.5. The predicted octanol–water partition coefficient (Wildman–Crippen LogP) is 3.62. The van der Waals surface area contributed by atoms with E-state index >= 15 is 0 Å². The predicted molar refractivity (Wildman–Crippen MR) is 129 cm³/mol. The summed E-state index contributed by atoms with van der Waals surface area (Å²) in [7, 11) is -3.51. The van der Waals surface area contributed by atoms with Gasteiger partial charge in [0.1, 0.15) is 0 Å². The SMILES string of the molecule is CCOCCn1c(=NC(=O)c2cccc(S(=O)(=O)C(C)C)c2)sc2cc(NC(C)=O)ccc21. The van der Waals surface area contributed by atoms with Crippen molar-refractivity contribution >= 4 is 48.9 Å². The van der Waals surface area contributed by atoms with Crippen LogP contribution in [0.25, 0.3) is 10.2 Å². The minimum Gasteiger partial charge on any atom is -0.380 e. The van der Waals surface area contributed by atoms with Crippen LogP contribution in [0.2, 0.25) is 0 Å². The summed E-state index contributed by atoms with van der Waals surface area (Å²) in [5.74, 6) is -0.707. The standard InChI is InChI=1S/C23H27N3O5S2/c1-5-31-12-11-26-20-10-9-18(24-16(4)27)14-21(20)32-23(26)25-22(28)17-7-6-8-19(13-17)33(29,30)15(2)3/h6-10,13-15H,5,11-12H2,1-4H3,(H,24,27). The Morgan fingerprint density at radius 1 is 1.18 bits per heavy atom. The molecule has 3 aromatic rings. The summed E-state index contributed by atoms with van der Waals surface area (Å²) in [6, 6.07) is 11.4. The summed E-state index contributed by atoms with van der Waals surface area (Å²) < 4.78 is 33.2. The summed E-state index contributed by atoms with van der Waals surface area (Å²) in [4.78, 5) is 29.3. The lowest BCUT2D eigenvalue weighted by molar-refractivity contribution is -0.114. The third-order valence-electron chi connectivity index (χ3n) is 4.89. The fourth-order valence-electron chi connectivity index (χ4n) is 3.19. The fraction of sp³-hybridized carbons (Fsp3) is 0.348. The Kier molecular flexibility index (Phi) is 7.83. The van der Waals surface area contributed by atoms with Crippen molar-refractivity contribution in [3.05, 3.63) is 52.8 Å². The highest BCUT2D eigenvalue weighted by Crippen LogP contribution is 2.23. The van der Waals surface area contributed by atoms with Gasteiger partial charge in [-0.25, -0.2) is 8.42 Å². The Balaban J connectivity index is 2.07. The summed E-state index contributed by atoms with van der Waals surface area (Å²) in [6.45, 7) is 8.04. The Hall–Kier alpha value is -2.82. The van der Waals surface area contributed by atoms with Crippen LogP contribution in [-0.4, -0.2) is 43.3 Å². The van der Waals surface area contributed by atoms with Crippen molar-refractivity contribution in [2.45, 2.75) is 44.4 Å². The van der Waals surface area contributed by atoms with Crippen molar-refractivity contribution in [1.82, 2.24) is 4.57 Å². The number of hydrogen-bond acceptors (Lipinski definition) is 6. The van der Waals surface area contributed by atoms with Gasteiger partial charge in [0.25, 0.3) is 5.91 Å². The van der Waals surface area contributed by atoms with E-state index in [1.165, 1.54) is 30.4 Å². The van der Waals surface area contributed by atoms with Crippen LogP contribution in [-0.2, 0) is 25.9 Å². The van der Waals surface area contributed by atoms with Gasteiger partial charge in [0.2, 0.25) is 5.91 Å². The molecule has 0 aliphatic rings. The minimum absolute atomic E-state index is 0.0964. The molecular formula is C23H27N3O5S2. The van der Waals surface area contributed by atoms with Crippen LogP contribution in [0.5, 0.6) is 0 Å². The number of aromatic nitrogens is 1. The molecule has 0 unspecified atom stereocenters. The molecule has 1 N–H and O–H groups in total. The molecule has 0 aliphatic carbocycles. The molecule has 0 saturated carbocycles. The number of carbonyl (C=O) groups is 2. The van der Waals surface area contributed by atoms with Crippen molar-refractivity contribution in [3.63, 3.8) is 0 Å². The zero-order valence-corrected chi connectivity index (χ0v) is 20.6. The molecule has 8 nitrogen and oxygen atoms in total. The molecule has 1 aromatic heterocycles. The number of anilines is 1. The fourth-order valence-corrected chi connectivity index (χ4v) is 5.38. The number of amides is 2. The molecule has 1 heterocycles. The lowest BCUT2D eigenvalue weighted by atomic mass is 10.2. The summed E-state index contributed by atoms with van der Waals surface area (Å²) in [6.07, 6.45) is 0. The van der Waals surface area contributed by atoms with Crippen LogP contribution in [0.3, 0.4) is 0 Å². The van der Waals surface area contributed by atoms with Crippen LogP contribution >= 0.6 is 11.3 Å². The first-order valence-electron chi connectivity index (χ1n) is 10.5. The topological polar surface area (TPSA) is 107 Å². The smallest absolute Gasteiger partial charge is 0.279 e. The summed E-state index contributed by atoms with van der Waals surface area (Å²) in [5, 5.41) is 2.16. The lowest BCUT2D eigenvalue weighted by Crippen LogP contribution is -2.20. The van der Waals surface area contributed by atoms with Gasteiger partial charge in [0.05, 0.1) is 27.0 Å². The van der Waals surface area contributed by atoms with Gasteiger partial charge in [-0.3, -0.25) is 9.59 Å². The molecule has 0 fully saturated rings. The van der Waals surface area contributed by atoms with E-state index in [-0.39, 0.29) is 16.4 Å². The number of sulfone groups is 1. The Morgan fingerprint density at radius 2 is 1.94 bits per heavy atom. The maximum atomic E-state index is 13.0. The molecule has 176 valence electrons. The lowest BCUT2D eigenvalue weighted by Gasteiger charge is -2.08. The maximum Gasteiger partial charge on any atom is 0.279 e. The number of benzene rings is 2. The molecule has 3 rings (SSSR count). The molecule has 0 saturated heterocycles. The molecule has 0 aliphatic heterocycles. The van der Waals surface area contributed by atoms with Gasteiger partial charge >= 0.3 is 0 Å². The van der Waals surface area contributed by atoms with E-state index in [1.807, 2.05) is 23.6 Å². The van der Waals surface area contributed by atoms with Gasteiger partial charge in [-0.2, -0.15) is 4.99 Å². The molecule has 10 heteroatoms. The molecule has 0 bridgehead atoms. The van der Waals surface area contributed by atoms with E-state index in [1.54, 1.807) is 32.0 Å². The van der Waals surface area contributed by atoms with Gasteiger partial charge in [-0.1, -0.05) is 17.4 Å². The average Bonchev–Trinajstić information content (AvgIpc) is 3.09. The summed E-state index contributed by atoms with van der Waals surface area (Å²) in [5.41, 5.74) is 1.71. The van der Waals surface area contributed by atoms with E-state index < -0.39 is 21.0 Å². The number of nitrogens with zero attached hydrogens (tertiary/aromatic N) is 2. The number of hydrogen-bond donors (Lipinski definition) is 1. The number of nitrogens with one attached hydrogen (secondary N) is 1. The van der Waals surface area contributed by atoms with E-state index in [9.17, 15) is 18.0 Å². The first-order valence-corrected chi connectivity index (χ1v) is 12.9. The van der Waals surface area contributed by atoms with Crippen molar-refractivity contribution in [2.24, 2.45) is 4.99 Å². The van der Waals surface area contributed by atoms with Crippen molar-refractivity contribution < 1.29 is 22.7 Å². The second kappa shape index (κ2) is 10.4. The monoisotopic (exact) mass is 489 g/mol.